The number of carboxylic acid groups (broad SMARTS) is 1. The molecule has 5 rings (SSSR count). The van der Waals surface area contributed by atoms with Gasteiger partial charge in [-0.25, -0.2) is 4.21 Å². The summed E-state index contributed by atoms with van der Waals surface area (Å²) in [5.41, 5.74) is 11.0. The predicted octanol–water partition coefficient (Wildman–Crippen LogP) is 4.04. The zero-order valence-corrected chi connectivity index (χ0v) is 19.3. The Morgan fingerprint density at radius 1 is 1.18 bits per heavy atom. The summed E-state index contributed by atoms with van der Waals surface area (Å²) < 4.78 is 20.9. The van der Waals surface area contributed by atoms with E-state index in [9.17, 15) is 14.1 Å². The van der Waals surface area contributed by atoms with Crippen molar-refractivity contribution in [2.75, 3.05) is 0 Å². The third-order valence-corrected chi connectivity index (χ3v) is 7.63. The standard InChI is InChI=1S/C26H25N3O4S/c27-15-20-13-18(7-9-28-20)23-11-17(16-33-25-4-2-1-3-19(25)14-26(30)31)12-24-22(23)8-10-29(24)34(32)21-5-6-21/h1-4,7-13,21H,5-6,14-16,27H2,(H,30,31). The quantitative estimate of drug-likeness (QED) is 0.378. The summed E-state index contributed by atoms with van der Waals surface area (Å²) in [7, 11) is -1.12. The highest BCUT2D eigenvalue weighted by atomic mass is 32.2. The Morgan fingerprint density at radius 3 is 2.76 bits per heavy atom. The van der Waals surface area contributed by atoms with Gasteiger partial charge in [-0.2, -0.15) is 0 Å². The van der Waals surface area contributed by atoms with Crippen LogP contribution in [-0.2, 0) is 35.4 Å². The maximum atomic E-state index is 13.0. The first kappa shape index (κ1) is 22.3. The van der Waals surface area contributed by atoms with E-state index in [2.05, 4.69) is 11.1 Å². The second-order valence-corrected chi connectivity index (χ2v) is 10.0. The van der Waals surface area contributed by atoms with Crippen LogP contribution in [0, 0.1) is 0 Å². The first-order valence-corrected chi connectivity index (χ1v) is 12.3. The van der Waals surface area contributed by atoms with Gasteiger partial charge in [-0.1, -0.05) is 18.2 Å². The Bertz CT molecular complexity index is 1390. The number of nitrogens with two attached hydrogens (primary N) is 1. The van der Waals surface area contributed by atoms with Crippen molar-refractivity contribution in [2.24, 2.45) is 5.73 Å². The lowest BCUT2D eigenvalue weighted by atomic mass is 9.99. The molecule has 1 unspecified atom stereocenters. The summed E-state index contributed by atoms with van der Waals surface area (Å²) in [6, 6.07) is 17.1. The third-order valence-electron chi connectivity index (χ3n) is 5.88. The summed E-state index contributed by atoms with van der Waals surface area (Å²) in [6.45, 7) is 0.586. The Kier molecular flexibility index (Phi) is 6.17. The monoisotopic (exact) mass is 475 g/mol. The van der Waals surface area contributed by atoms with Gasteiger partial charge in [0.05, 0.1) is 22.9 Å². The number of ether oxygens (including phenoxy) is 1. The van der Waals surface area contributed by atoms with Crippen LogP contribution in [0.15, 0.2) is 67.0 Å². The van der Waals surface area contributed by atoms with E-state index >= 15 is 0 Å². The predicted molar refractivity (Wildman–Crippen MR) is 132 cm³/mol. The van der Waals surface area contributed by atoms with Crippen molar-refractivity contribution in [3.8, 4) is 16.9 Å². The van der Waals surface area contributed by atoms with Crippen LogP contribution in [0.4, 0.5) is 0 Å². The van der Waals surface area contributed by atoms with Crippen molar-refractivity contribution in [3.05, 3.63) is 83.8 Å². The molecular weight excluding hydrogens is 450 g/mol. The van der Waals surface area contributed by atoms with Crippen LogP contribution >= 0.6 is 0 Å². The summed E-state index contributed by atoms with van der Waals surface area (Å²) >= 11 is 0. The van der Waals surface area contributed by atoms with E-state index in [0.29, 0.717) is 17.9 Å². The maximum Gasteiger partial charge on any atom is 0.307 e. The van der Waals surface area contributed by atoms with Gasteiger partial charge in [0.2, 0.25) is 0 Å². The third kappa shape index (κ3) is 4.60. The van der Waals surface area contributed by atoms with E-state index in [0.717, 1.165) is 46.1 Å². The largest absolute Gasteiger partial charge is 0.489 e. The van der Waals surface area contributed by atoms with Gasteiger partial charge in [-0.15, -0.1) is 0 Å². The number of pyridine rings is 1. The molecule has 2 heterocycles. The lowest BCUT2D eigenvalue weighted by Crippen LogP contribution is -2.08. The smallest absolute Gasteiger partial charge is 0.307 e. The molecular formula is C26H25N3O4S. The molecule has 8 heteroatoms. The van der Waals surface area contributed by atoms with Crippen LogP contribution in [0.5, 0.6) is 5.75 Å². The molecule has 1 fully saturated rings. The highest BCUT2D eigenvalue weighted by Gasteiger charge is 2.30. The molecule has 2 aromatic carbocycles. The molecule has 7 nitrogen and oxygen atoms in total. The molecule has 1 aliphatic rings. The lowest BCUT2D eigenvalue weighted by Gasteiger charge is -2.14. The Labute approximate surface area is 199 Å². The molecule has 4 aromatic rings. The van der Waals surface area contributed by atoms with Crippen molar-refractivity contribution < 1.29 is 18.8 Å². The van der Waals surface area contributed by atoms with Gasteiger partial charge in [0.1, 0.15) is 23.3 Å². The lowest BCUT2D eigenvalue weighted by molar-refractivity contribution is -0.136. The molecule has 0 radical (unpaired) electrons. The highest BCUT2D eigenvalue weighted by molar-refractivity contribution is 7.84. The van der Waals surface area contributed by atoms with Crippen molar-refractivity contribution >= 4 is 27.9 Å². The molecule has 1 atom stereocenters. The van der Waals surface area contributed by atoms with Crippen molar-refractivity contribution in [2.45, 2.75) is 37.7 Å². The Morgan fingerprint density at radius 2 is 2.00 bits per heavy atom. The minimum Gasteiger partial charge on any atom is -0.489 e. The molecule has 174 valence electrons. The fraction of sp³-hybridized carbons (Fsp3) is 0.231. The first-order chi connectivity index (χ1) is 16.5. The van der Waals surface area contributed by atoms with Gasteiger partial charge >= 0.3 is 5.97 Å². The average molecular weight is 476 g/mol. The fourth-order valence-electron chi connectivity index (χ4n) is 4.06. The van der Waals surface area contributed by atoms with Crippen molar-refractivity contribution in [1.82, 2.24) is 8.96 Å². The van der Waals surface area contributed by atoms with Crippen LogP contribution < -0.4 is 10.5 Å². The summed E-state index contributed by atoms with van der Waals surface area (Å²) in [6.07, 6.45) is 5.48. The summed E-state index contributed by atoms with van der Waals surface area (Å²) in [5, 5.41) is 10.4. The summed E-state index contributed by atoms with van der Waals surface area (Å²) in [4.78, 5) is 15.5. The zero-order valence-electron chi connectivity index (χ0n) is 18.5. The number of para-hydroxylation sites is 1. The average Bonchev–Trinajstić information content (AvgIpc) is 3.61. The van der Waals surface area contributed by atoms with Crippen LogP contribution in [-0.4, -0.2) is 29.5 Å². The highest BCUT2D eigenvalue weighted by Crippen LogP contribution is 2.35. The number of fused-ring (bicyclic) bond motifs is 1. The second-order valence-electron chi connectivity index (χ2n) is 8.40. The number of carboxylic acids is 1. The van der Waals surface area contributed by atoms with Gasteiger partial charge in [0.15, 0.2) is 0 Å². The molecule has 0 saturated heterocycles. The normalized spacial score (nSPS) is 14.3. The first-order valence-electron chi connectivity index (χ1n) is 11.2. The Balaban J connectivity index is 1.56. The van der Waals surface area contributed by atoms with E-state index in [4.69, 9.17) is 10.5 Å². The molecule has 0 aliphatic heterocycles. The van der Waals surface area contributed by atoms with Gasteiger partial charge in [-0.05, 0) is 65.9 Å². The molecule has 3 N–H and O–H groups in total. The number of rotatable bonds is 9. The van der Waals surface area contributed by atoms with Crippen LogP contribution in [0.2, 0.25) is 0 Å². The van der Waals surface area contributed by atoms with E-state index in [1.54, 1.807) is 24.4 Å². The number of hydrogen-bond donors (Lipinski definition) is 2. The molecule has 0 amide bonds. The fourth-order valence-corrected chi connectivity index (χ4v) is 5.44. The molecule has 34 heavy (non-hydrogen) atoms. The van der Waals surface area contributed by atoms with Gasteiger partial charge in [0.25, 0.3) is 0 Å². The minimum atomic E-state index is -1.12. The number of aliphatic carboxylic acids is 1. The SMILES string of the molecule is NCc1cc(-c2cc(COc3ccccc3CC(=O)O)cc3c2ccn3S(=O)C2CC2)ccn1. The zero-order chi connectivity index (χ0) is 23.7. The van der Waals surface area contributed by atoms with E-state index in [1.807, 2.05) is 40.5 Å². The van der Waals surface area contributed by atoms with E-state index < -0.39 is 17.0 Å². The number of carbonyl (C=O) groups is 1. The molecule has 2 aromatic heterocycles. The second kappa shape index (κ2) is 9.40. The van der Waals surface area contributed by atoms with Crippen LogP contribution in [0.25, 0.3) is 22.0 Å². The van der Waals surface area contributed by atoms with Crippen molar-refractivity contribution in [3.63, 3.8) is 0 Å². The van der Waals surface area contributed by atoms with Gasteiger partial charge in [0, 0.05) is 29.9 Å². The van der Waals surface area contributed by atoms with E-state index in [-0.39, 0.29) is 18.3 Å². The van der Waals surface area contributed by atoms with Gasteiger partial charge < -0.3 is 15.6 Å². The molecule has 1 saturated carbocycles. The van der Waals surface area contributed by atoms with Gasteiger partial charge in [-0.3, -0.25) is 13.8 Å². The summed E-state index contributed by atoms with van der Waals surface area (Å²) in [5.74, 6) is -0.369. The number of benzene rings is 2. The molecule has 0 bridgehead atoms. The number of aromatic nitrogens is 2. The molecule has 0 spiro atoms. The van der Waals surface area contributed by atoms with Crippen molar-refractivity contribution in [1.29, 1.82) is 0 Å². The topological polar surface area (TPSA) is 107 Å². The van der Waals surface area contributed by atoms with E-state index in [1.165, 1.54) is 0 Å². The Hall–Kier alpha value is -3.49. The molecule has 1 aliphatic carbocycles. The van der Waals surface area contributed by atoms with Crippen LogP contribution in [0.1, 0.15) is 29.7 Å². The maximum absolute atomic E-state index is 13.0. The minimum absolute atomic E-state index is 0.109. The number of nitrogens with zero attached hydrogens (tertiary/aromatic N) is 2. The number of hydrogen-bond acceptors (Lipinski definition) is 5. The van der Waals surface area contributed by atoms with Crippen LogP contribution in [0.3, 0.4) is 0 Å².